The van der Waals surface area contributed by atoms with Crippen LogP contribution in [0, 0.1) is 22.7 Å². The molecule has 1 N–H and O–H groups in total. The van der Waals surface area contributed by atoms with Gasteiger partial charge in [-0.05, 0) is 69.1 Å². The number of aliphatic carboxylic acids is 1. The summed E-state index contributed by atoms with van der Waals surface area (Å²) in [5, 5.41) is 7.42. The van der Waals surface area contributed by atoms with Gasteiger partial charge < -0.3 is 5.11 Å². The summed E-state index contributed by atoms with van der Waals surface area (Å²) in [6, 6.07) is 0. The summed E-state index contributed by atoms with van der Waals surface area (Å²) in [6.45, 7) is 7.33. The first kappa shape index (κ1) is 19.5. The van der Waals surface area contributed by atoms with Gasteiger partial charge in [0.1, 0.15) is 0 Å². The molecule has 0 aromatic heterocycles. The van der Waals surface area contributed by atoms with Gasteiger partial charge in [0.05, 0.1) is 0 Å². The van der Waals surface area contributed by atoms with Crippen molar-refractivity contribution < 1.29 is 19.5 Å². The standard InChI is InChI=1S/C21H24O2.C2H4O2/c1-13(22)17-6-7-18-16-5-4-14-12-15(23)8-10-20(14,2)19(16)9-11-21(17,18)3;1-2(3)4/h6,8-10,12,16,18H,4-5,7,11H2,1-3H3;1H3,(H,3,4)/t16?,18?,20-,21+;/m0./s1. The van der Waals surface area contributed by atoms with Crippen LogP contribution >= 0.6 is 0 Å². The quantitative estimate of drug-likeness (QED) is 0.695. The van der Waals surface area contributed by atoms with Crippen LogP contribution in [-0.4, -0.2) is 22.6 Å². The number of hydrogen-bond acceptors (Lipinski definition) is 3. The second-order valence-corrected chi connectivity index (χ2v) is 8.57. The average Bonchev–Trinajstić information content (AvgIpc) is 2.92. The van der Waals surface area contributed by atoms with Crippen molar-refractivity contribution in [2.45, 2.75) is 53.4 Å². The Morgan fingerprint density at radius 2 is 1.85 bits per heavy atom. The van der Waals surface area contributed by atoms with E-state index in [-0.39, 0.29) is 22.4 Å². The van der Waals surface area contributed by atoms with Crippen LogP contribution in [0.15, 0.2) is 47.1 Å². The molecular weight excluding hydrogens is 340 g/mol. The Balaban J connectivity index is 0.000000481. The number of fused-ring (bicyclic) bond motifs is 5. The van der Waals surface area contributed by atoms with Crippen molar-refractivity contribution in [2.24, 2.45) is 22.7 Å². The molecule has 144 valence electrons. The third-order valence-corrected chi connectivity index (χ3v) is 6.91. The van der Waals surface area contributed by atoms with Gasteiger partial charge in [-0.15, -0.1) is 0 Å². The normalized spacial score (nSPS) is 36.1. The van der Waals surface area contributed by atoms with Crippen LogP contribution in [-0.2, 0) is 14.4 Å². The van der Waals surface area contributed by atoms with Crippen molar-refractivity contribution in [1.29, 1.82) is 0 Å². The average molecular weight is 368 g/mol. The first-order valence-electron chi connectivity index (χ1n) is 9.65. The van der Waals surface area contributed by atoms with E-state index in [1.165, 1.54) is 11.1 Å². The molecule has 1 fully saturated rings. The minimum Gasteiger partial charge on any atom is -0.481 e. The van der Waals surface area contributed by atoms with Gasteiger partial charge in [-0.1, -0.05) is 36.3 Å². The Kier molecular flexibility index (Phi) is 4.87. The topological polar surface area (TPSA) is 71.4 Å². The maximum atomic E-state index is 12.0. The number of allylic oxidation sites excluding steroid dienone is 8. The van der Waals surface area contributed by atoms with Crippen LogP contribution < -0.4 is 0 Å². The SMILES string of the molecule is CC(=O)C1=CCC2C3CCC4=CC(=O)C=C[C@]4(C)C3=CC[C@]12C.CC(=O)O. The number of carbonyl (C=O) groups is 3. The van der Waals surface area contributed by atoms with Crippen LogP contribution in [0.5, 0.6) is 0 Å². The Morgan fingerprint density at radius 3 is 2.48 bits per heavy atom. The lowest BCUT2D eigenvalue weighted by Gasteiger charge is -2.51. The highest BCUT2D eigenvalue weighted by Gasteiger charge is 2.53. The van der Waals surface area contributed by atoms with Crippen molar-refractivity contribution >= 4 is 17.5 Å². The molecule has 0 saturated heterocycles. The Hall–Kier alpha value is -2.23. The molecule has 0 bridgehead atoms. The number of carboxylic acid groups (broad SMARTS) is 1. The highest BCUT2D eigenvalue weighted by Crippen LogP contribution is 2.62. The van der Waals surface area contributed by atoms with Crippen molar-refractivity contribution in [3.63, 3.8) is 0 Å². The van der Waals surface area contributed by atoms with E-state index >= 15 is 0 Å². The first-order chi connectivity index (χ1) is 12.6. The molecule has 2 unspecified atom stereocenters. The van der Waals surface area contributed by atoms with Crippen molar-refractivity contribution in [3.8, 4) is 0 Å². The molecule has 0 spiro atoms. The first-order valence-corrected chi connectivity index (χ1v) is 9.65. The molecule has 4 aliphatic rings. The summed E-state index contributed by atoms with van der Waals surface area (Å²) in [7, 11) is 0. The zero-order valence-electron chi connectivity index (χ0n) is 16.5. The second-order valence-electron chi connectivity index (χ2n) is 8.57. The van der Waals surface area contributed by atoms with E-state index < -0.39 is 5.97 Å². The molecule has 4 rings (SSSR count). The van der Waals surface area contributed by atoms with Gasteiger partial charge in [0.25, 0.3) is 5.97 Å². The fourth-order valence-corrected chi connectivity index (χ4v) is 5.65. The second kappa shape index (κ2) is 6.74. The smallest absolute Gasteiger partial charge is 0.300 e. The van der Waals surface area contributed by atoms with E-state index in [1.807, 2.05) is 6.08 Å². The van der Waals surface area contributed by atoms with Gasteiger partial charge >= 0.3 is 0 Å². The van der Waals surface area contributed by atoms with E-state index in [1.54, 1.807) is 13.0 Å². The third-order valence-electron chi connectivity index (χ3n) is 6.91. The fraction of sp³-hybridized carbons (Fsp3) is 0.522. The highest BCUT2D eigenvalue weighted by molar-refractivity contribution is 6.01. The Bertz CT molecular complexity index is 821. The molecule has 4 atom stereocenters. The molecule has 0 aromatic rings. The maximum absolute atomic E-state index is 12.0. The molecule has 4 aliphatic carbocycles. The van der Waals surface area contributed by atoms with E-state index in [2.05, 4.69) is 32.1 Å². The number of hydrogen-bond donors (Lipinski definition) is 1. The lowest BCUT2D eigenvalue weighted by atomic mass is 9.52. The van der Waals surface area contributed by atoms with Crippen LogP contribution in [0.25, 0.3) is 0 Å². The maximum Gasteiger partial charge on any atom is 0.300 e. The molecule has 0 aliphatic heterocycles. The highest BCUT2D eigenvalue weighted by atomic mass is 16.4. The predicted molar refractivity (Wildman–Crippen MR) is 104 cm³/mol. The summed E-state index contributed by atoms with van der Waals surface area (Å²) < 4.78 is 0. The van der Waals surface area contributed by atoms with Crippen molar-refractivity contribution in [2.75, 3.05) is 0 Å². The zero-order chi connectivity index (χ0) is 20.0. The molecule has 4 heteroatoms. The van der Waals surface area contributed by atoms with Crippen molar-refractivity contribution in [1.82, 2.24) is 0 Å². The molecule has 0 radical (unpaired) electrons. The number of ketones is 2. The lowest BCUT2D eigenvalue weighted by Crippen LogP contribution is -2.43. The summed E-state index contributed by atoms with van der Waals surface area (Å²) in [6.07, 6.45) is 14.3. The van der Waals surface area contributed by atoms with Gasteiger partial charge in [0.15, 0.2) is 11.6 Å². The van der Waals surface area contributed by atoms with E-state index in [4.69, 9.17) is 9.90 Å². The van der Waals surface area contributed by atoms with Gasteiger partial charge in [0, 0.05) is 17.8 Å². The van der Waals surface area contributed by atoms with E-state index in [9.17, 15) is 9.59 Å². The summed E-state index contributed by atoms with van der Waals surface area (Å²) in [5.41, 5.74) is 3.72. The van der Waals surface area contributed by atoms with Crippen LogP contribution in [0.1, 0.15) is 53.4 Å². The number of carbonyl (C=O) groups excluding carboxylic acids is 2. The minimum atomic E-state index is -0.833. The fourth-order valence-electron chi connectivity index (χ4n) is 5.65. The molecule has 0 heterocycles. The Labute approximate surface area is 160 Å². The largest absolute Gasteiger partial charge is 0.481 e. The predicted octanol–water partition coefficient (Wildman–Crippen LogP) is 4.43. The summed E-state index contributed by atoms with van der Waals surface area (Å²) in [5.74, 6) is 0.587. The lowest BCUT2D eigenvalue weighted by molar-refractivity contribution is -0.134. The van der Waals surface area contributed by atoms with Crippen LogP contribution in [0.2, 0.25) is 0 Å². The minimum absolute atomic E-state index is 0.00573. The molecular formula is C23H28O4. The van der Waals surface area contributed by atoms with Gasteiger partial charge in [-0.3, -0.25) is 14.4 Å². The van der Waals surface area contributed by atoms with Gasteiger partial charge in [0.2, 0.25) is 0 Å². The van der Waals surface area contributed by atoms with E-state index in [0.29, 0.717) is 11.8 Å². The molecule has 27 heavy (non-hydrogen) atoms. The summed E-state index contributed by atoms with van der Waals surface area (Å²) in [4.78, 5) is 32.8. The molecule has 0 aromatic carbocycles. The number of Topliss-reactive ketones (excluding diaryl/α,β-unsaturated/α-hetero) is 1. The van der Waals surface area contributed by atoms with Gasteiger partial charge in [-0.2, -0.15) is 0 Å². The van der Waals surface area contributed by atoms with Crippen LogP contribution in [0.3, 0.4) is 0 Å². The molecule has 1 saturated carbocycles. The third kappa shape index (κ3) is 3.15. The Morgan fingerprint density at radius 1 is 1.19 bits per heavy atom. The van der Waals surface area contributed by atoms with Crippen molar-refractivity contribution in [3.05, 3.63) is 47.1 Å². The molecule has 0 amide bonds. The molecule has 4 nitrogen and oxygen atoms in total. The van der Waals surface area contributed by atoms with E-state index in [0.717, 1.165) is 38.2 Å². The summed E-state index contributed by atoms with van der Waals surface area (Å²) >= 11 is 0. The monoisotopic (exact) mass is 368 g/mol. The van der Waals surface area contributed by atoms with Gasteiger partial charge in [-0.25, -0.2) is 0 Å². The number of carboxylic acids is 1. The zero-order valence-corrected chi connectivity index (χ0v) is 16.5. The van der Waals surface area contributed by atoms with Crippen LogP contribution in [0.4, 0.5) is 0 Å². The number of rotatable bonds is 1.